The summed E-state index contributed by atoms with van der Waals surface area (Å²) in [5.41, 5.74) is 1.53. The fourth-order valence-corrected chi connectivity index (χ4v) is 7.87. The van der Waals surface area contributed by atoms with Gasteiger partial charge in [0, 0.05) is 27.0 Å². The van der Waals surface area contributed by atoms with Crippen LogP contribution in [-0.2, 0) is 14.8 Å². The molecule has 0 aliphatic carbocycles. The average molecular weight is 683 g/mol. The van der Waals surface area contributed by atoms with Crippen LogP contribution < -0.4 is 13.8 Å². The first kappa shape index (κ1) is 34.5. The summed E-state index contributed by atoms with van der Waals surface area (Å²) in [7, 11) is -5.92. The molecular formula is C33H43FN6O5SSi. The monoisotopic (exact) mass is 682 g/mol. The van der Waals surface area contributed by atoms with Gasteiger partial charge in [0.05, 0.1) is 11.7 Å². The topological polar surface area (TPSA) is 122 Å². The Morgan fingerprint density at radius 2 is 1.72 bits per heavy atom. The molecule has 0 radical (unpaired) electrons. The fourth-order valence-electron chi connectivity index (χ4n) is 5.22. The van der Waals surface area contributed by atoms with Gasteiger partial charge >= 0.3 is 0 Å². The van der Waals surface area contributed by atoms with E-state index in [2.05, 4.69) is 39.8 Å². The summed E-state index contributed by atoms with van der Waals surface area (Å²) in [6.45, 7) is 14.2. The van der Waals surface area contributed by atoms with Crippen LogP contribution in [0.5, 0.6) is 11.5 Å². The van der Waals surface area contributed by atoms with E-state index in [4.69, 9.17) is 14.2 Å². The maximum atomic E-state index is 14.9. The lowest BCUT2D eigenvalue weighted by Gasteiger charge is -2.33. The van der Waals surface area contributed by atoms with E-state index in [1.807, 2.05) is 45.0 Å². The summed E-state index contributed by atoms with van der Waals surface area (Å²) >= 11 is 0. The Hall–Kier alpha value is -3.88. The molecule has 14 heteroatoms. The number of hydrogen-bond acceptors (Lipinski definition) is 9. The lowest BCUT2D eigenvalue weighted by Crippen LogP contribution is -2.45. The van der Waals surface area contributed by atoms with Crippen LogP contribution in [0.25, 0.3) is 11.4 Å². The predicted octanol–water partition coefficient (Wildman–Crippen LogP) is 6.22. The molecule has 252 valence electrons. The normalized spacial score (nSPS) is 16.1. The number of aryl methyl sites for hydroxylation is 1. The van der Waals surface area contributed by atoms with Crippen molar-refractivity contribution >= 4 is 24.0 Å². The van der Waals surface area contributed by atoms with Gasteiger partial charge in [-0.25, -0.2) is 27.1 Å². The van der Waals surface area contributed by atoms with E-state index >= 15 is 0 Å². The third-order valence-electron chi connectivity index (χ3n) is 7.82. The lowest BCUT2D eigenvalue weighted by atomic mass is 10.2. The van der Waals surface area contributed by atoms with Crippen molar-refractivity contribution in [2.45, 2.75) is 76.9 Å². The molecular weight excluding hydrogens is 640 g/mol. The molecule has 0 bridgehead atoms. The van der Waals surface area contributed by atoms with Gasteiger partial charge in [0.1, 0.15) is 47.9 Å². The largest absolute Gasteiger partial charge is 0.491 e. The van der Waals surface area contributed by atoms with Gasteiger partial charge in [-0.15, -0.1) is 10.2 Å². The molecule has 2 aromatic heterocycles. The molecule has 47 heavy (non-hydrogen) atoms. The maximum absolute atomic E-state index is 14.9. The zero-order valence-electron chi connectivity index (χ0n) is 27.9. The smallest absolute Gasteiger partial charge is 0.243 e. The molecule has 1 aliphatic heterocycles. The molecule has 2 aromatic carbocycles. The van der Waals surface area contributed by atoms with Crippen molar-refractivity contribution in [3.63, 3.8) is 0 Å². The Kier molecular flexibility index (Phi) is 10.3. The first-order chi connectivity index (χ1) is 22.2. The second kappa shape index (κ2) is 14.1. The number of rotatable bonds is 13. The van der Waals surface area contributed by atoms with Crippen LogP contribution in [0.2, 0.25) is 25.7 Å². The van der Waals surface area contributed by atoms with Crippen molar-refractivity contribution in [2.75, 3.05) is 24.1 Å². The molecule has 1 aliphatic rings. The number of halogens is 1. The van der Waals surface area contributed by atoms with Gasteiger partial charge in [-0.1, -0.05) is 31.8 Å². The van der Waals surface area contributed by atoms with Gasteiger partial charge in [0.25, 0.3) is 0 Å². The number of aromatic nitrogens is 5. The van der Waals surface area contributed by atoms with Gasteiger partial charge in [-0.05, 0) is 75.7 Å². The highest BCUT2D eigenvalue weighted by Gasteiger charge is 2.42. The summed E-state index contributed by atoms with van der Waals surface area (Å²) in [5, 5.41) is 8.02. The van der Waals surface area contributed by atoms with Crippen molar-refractivity contribution in [3.05, 3.63) is 78.1 Å². The predicted molar refractivity (Wildman–Crippen MR) is 181 cm³/mol. The molecule has 2 unspecified atom stereocenters. The van der Waals surface area contributed by atoms with Crippen LogP contribution >= 0.6 is 0 Å². The van der Waals surface area contributed by atoms with Gasteiger partial charge in [-0.3, -0.25) is 4.57 Å². The molecule has 3 atom stereocenters. The first-order valence-corrected chi connectivity index (χ1v) is 21.0. The van der Waals surface area contributed by atoms with E-state index in [1.54, 1.807) is 36.0 Å². The number of hydrogen-bond donors (Lipinski definition) is 0. The van der Waals surface area contributed by atoms with E-state index in [1.165, 1.54) is 16.4 Å². The van der Waals surface area contributed by atoms with Crippen molar-refractivity contribution < 1.29 is 27.0 Å². The quantitative estimate of drug-likeness (QED) is 0.151. The van der Waals surface area contributed by atoms with E-state index in [0.717, 1.165) is 5.56 Å². The highest BCUT2D eigenvalue weighted by atomic mass is 32.2. The lowest BCUT2D eigenvalue weighted by molar-refractivity contribution is 0.00139. The molecule has 3 heterocycles. The van der Waals surface area contributed by atoms with E-state index < -0.39 is 35.5 Å². The highest BCUT2D eigenvalue weighted by molar-refractivity contribution is 7.93. The summed E-state index contributed by atoms with van der Waals surface area (Å²) in [4.78, 5) is 8.90. The molecule has 0 saturated carbocycles. The minimum Gasteiger partial charge on any atom is -0.491 e. The molecule has 0 saturated heterocycles. The van der Waals surface area contributed by atoms with Crippen molar-refractivity contribution in [2.24, 2.45) is 0 Å². The zero-order valence-corrected chi connectivity index (χ0v) is 29.7. The zero-order chi connectivity index (χ0) is 33.9. The summed E-state index contributed by atoms with van der Waals surface area (Å²) in [6.07, 6.45) is 2.08. The number of ether oxygens (including phenoxy) is 3. The summed E-state index contributed by atoms with van der Waals surface area (Å²) in [5.74, 6) is 1.60. The van der Waals surface area contributed by atoms with Crippen LogP contribution in [0.15, 0.2) is 60.9 Å². The minimum absolute atomic E-state index is 0.0887. The fraction of sp³-hybridized carbons (Fsp3) is 0.455. The Morgan fingerprint density at radius 3 is 2.38 bits per heavy atom. The number of sulfonamides is 1. The first-order valence-electron chi connectivity index (χ1n) is 15.8. The second-order valence-electron chi connectivity index (χ2n) is 13.3. The standard InChI is InChI=1S/C33H43FN6O5SSi/c1-22(2)45-30(31-35-18-23(3)19-36-31)24(4)46(41,42)39(16-17-47(5,6)7)33-38-37-32-28-10-8-9-11-29(28)44-21-26(40(32)33)20-43-27-14-12-25(34)13-15-27/h8-15,18-19,22,24,26,30H,16-17,20-21H2,1-7H3/t24?,26-,30?/m1/s1. The third-order valence-corrected chi connectivity index (χ3v) is 11.7. The van der Waals surface area contributed by atoms with Crippen LogP contribution in [0.4, 0.5) is 10.3 Å². The SMILES string of the molecule is Cc1cnc(C(OC(C)C)C(C)S(=O)(=O)N(CC[Si](C)(C)C)c2nnc3n2[C@H](COc2ccc(F)cc2)COc2ccccc2-3)nc1. The Balaban J connectivity index is 1.61. The van der Waals surface area contributed by atoms with Gasteiger partial charge < -0.3 is 14.2 Å². The van der Waals surface area contributed by atoms with Crippen LogP contribution in [0.3, 0.4) is 0 Å². The Bertz CT molecular complexity index is 1760. The van der Waals surface area contributed by atoms with E-state index in [-0.39, 0.29) is 37.6 Å². The Morgan fingerprint density at radius 1 is 1.04 bits per heavy atom. The minimum atomic E-state index is -4.16. The molecule has 0 spiro atoms. The van der Waals surface area contributed by atoms with Crippen LogP contribution in [0.1, 0.15) is 44.3 Å². The Labute approximate surface area is 277 Å². The molecule has 0 fully saturated rings. The van der Waals surface area contributed by atoms with Gasteiger partial charge in [0.15, 0.2) is 11.6 Å². The van der Waals surface area contributed by atoms with Crippen molar-refractivity contribution in [3.8, 4) is 22.9 Å². The molecule has 0 N–H and O–H groups in total. The number of benzene rings is 2. The number of fused-ring (bicyclic) bond motifs is 3. The molecule has 11 nitrogen and oxygen atoms in total. The summed E-state index contributed by atoms with van der Waals surface area (Å²) < 4.78 is 65.0. The average Bonchev–Trinajstić information content (AvgIpc) is 3.37. The van der Waals surface area contributed by atoms with Gasteiger partial charge in [0.2, 0.25) is 16.0 Å². The van der Waals surface area contributed by atoms with E-state index in [0.29, 0.717) is 34.8 Å². The maximum Gasteiger partial charge on any atom is 0.243 e. The number of para-hydroxylation sites is 1. The van der Waals surface area contributed by atoms with Crippen LogP contribution in [0, 0.1) is 12.7 Å². The van der Waals surface area contributed by atoms with Crippen molar-refractivity contribution in [1.82, 2.24) is 24.7 Å². The third kappa shape index (κ3) is 7.99. The number of anilines is 1. The second-order valence-corrected chi connectivity index (χ2v) is 21.1. The molecule has 0 amide bonds. The van der Waals surface area contributed by atoms with Crippen molar-refractivity contribution in [1.29, 1.82) is 0 Å². The van der Waals surface area contributed by atoms with Crippen LogP contribution in [-0.4, -0.2) is 72.3 Å². The molecule has 4 aromatic rings. The number of nitrogens with zero attached hydrogens (tertiary/aromatic N) is 6. The highest BCUT2D eigenvalue weighted by Crippen LogP contribution is 2.39. The van der Waals surface area contributed by atoms with Gasteiger partial charge in [-0.2, -0.15) is 0 Å². The summed E-state index contributed by atoms with van der Waals surface area (Å²) in [6, 6.07) is 13.3. The van der Waals surface area contributed by atoms with E-state index in [9.17, 15) is 12.8 Å². The molecule has 5 rings (SSSR count).